The molecular weight excluding hydrogens is 368 g/mol. The van der Waals surface area contributed by atoms with Crippen LogP contribution in [0.1, 0.15) is 13.3 Å². The van der Waals surface area contributed by atoms with Crippen molar-refractivity contribution in [3.8, 4) is 0 Å². The standard InChI is InChI=1S/C16H22O11/c1-2-6-7(3-10(18)19)8(14(23)24)5-25-15(6)27-16-13(22)12(21)11(20)9(4-17)26-16/h2,5,7,9,11-13,15-17,20-22H,3-4H2,1H3,(H,18,19)(H,23,24)/t7-,9+,11+,12-,13+,15-,16-/m0/s1. The summed E-state index contributed by atoms with van der Waals surface area (Å²) in [5.41, 5.74) is -0.103. The summed E-state index contributed by atoms with van der Waals surface area (Å²) < 4.78 is 15.9. The molecule has 1 saturated heterocycles. The minimum Gasteiger partial charge on any atom is -0.481 e. The molecule has 0 aromatic heterocycles. The molecule has 11 nitrogen and oxygen atoms in total. The number of carboxylic acids is 2. The van der Waals surface area contributed by atoms with Crippen LogP contribution < -0.4 is 0 Å². The molecule has 2 rings (SSSR count). The van der Waals surface area contributed by atoms with Crippen LogP contribution in [0.25, 0.3) is 0 Å². The van der Waals surface area contributed by atoms with Crippen LogP contribution in [0.2, 0.25) is 0 Å². The fourth-order valence-electron chi connectivity index (χ4n) is 2.99. The van der Waals surface area contributed by atoms with Gasteiger partial charge in [0.25, 0.3) is 0 Å². The number of allylic oxidation sites excluding steroid dienone is 1. The molecule has 0 aromatic rings. The second-order valence-corrected chi connectivity index (χ2v) is 6.12. The number of aliphatic hydroxyl groups excluding tert-OH is 4. The van der Waals surface area contributed by atoms with Gasteiger partial charge < -0.3 is 44.8 Å². The third-order valence-corrected chi connectivity index (χ3v) is 4.43. The van der Waals surface area contributed by atoms with E-state index in [1.54, 1.807) is 0 Å². The minimum absolute atomic E-state index is 0.175. The lowest BCUT2D eigenvalue weighted by Crippen LogP contribution is -2.60. The molecule has 6 N–H and O–H groups in total. The summed E-state index contributed by atoms with van der Waals surface area (Å²) in [6.07, 6.45) is -7.20. The number of aliphatic carboxylic acids is 2. The summed E-state index contributed by atoms with van der Waals surface area (Å²) in [5, 5.41) is 57.2. The van der Waals surface area contributed by atoms with E-state index in [4.69, 9.17) is 19.3 Å². The highest BCUT2D eigenvalue weighted by atomic mass is 16.8. The SMILES string of the molecule is CC=C1[C@H](O[C@@H]2O[C@H](CO)[C@@H](O)[C@H](O)[C@H]2O)OC=C(C(=O)O)[C@H]1CC(=O)O. The van der Waals surface area contributed by atoms with E-state index in [1.165, 1.54) is 13.0 Å². The van der Waals surface area contributed by atoms with Gasteiger partial charge in [-0.05, 0) is 6.92 Å². The van der Waals surface area contributed by atoms with Crippen molar-refractivity contribution < 1.29 is 54.4 Å². The van der Waals surface area contributed by atoms with Crippen LogP contribution in [-0.2, 0) is 23.8 Å². The monoisotopic (exact) mass is 390 g/mol. The van der Waals surface area contributed by atoms with E-state index in [0.29, 0.717) is 0 Å². The second kappa shape index (κ2) is 8.78. The molecule has 0 amide bonds. The highest BCUT2D eigenvalue weighted by Crippen LogP contribution is 2.35. The van der Waals surface area contributed by atoms with Crippen molar-refractivity contribution >= 4 is 11.9 Å². The lowest BCUT2D eigenvalue weighted by Gasteiger charge is -2.41. The fourth-order valence-corrected chi connectivity index (χ4v) is 2.99. The van der Waals surface area contributed by atoms with Gasteiger partial charge in [-0.3, -0.25) is 4.79 Å². The van der Waals surface area contributed by atoms with Crippen LogP contribution in [0.15, 0.2) is 23.5 Å². The molecule has 0 spiro atoms. The van der Waals surface area contributed by atoms with Crippen molar-refractivity contribution in [1.29, 1.82) is 0 Å². The lowest BCUT2D eigenvalue weighted by atomic mass is 9.86. The van der Waals surface area contributed by atoms with Gasteiger partial charge >= 0.3 is 11.9 Å². The largest absolute Gasteiger partial charge is 0.481 e. The molecule has 2 heterocycles. The molecule has 27 heavy (non-hydrogen) atoms. The number of hydrogen-bond donors (Lipinski definition) is 6. The van der Waals surface area contributed by atoms with E-state index in [-0.39, 0.29) is 11.1 Å². The van der Waals surface area contributed by atoms with Crippen LogP contribution in [0.4, 0.5) is 0 Å². The molecule has 7 atom stereocenters. The first-order valence-corrected chi connectivity index (χ1v) is 8.13. The van der Waals surface area contributed by atoms with Crippen LogP contribution in [0.5, 0.6) is 0 Å². The number of rotatable bonds is 6. The Morgan fingerprint density at radius 2 is 1.85 bits per heavy atom. The zero-order valence-electron chi connectivity index (χ0n) is 14.3. The zero-order valence-corrected chi connectivity index (χ0v) is 14.3. The molecular formula is C16H22O11. The predicted octanol–water partition coefficient (Wildman–Crippen LogP) is -1.84. The summed E-state index contributed by atoms with van der Waals surface area (Å²) in [6, 6.07) is 0. The quantitative estimate of drug-likeness (QED) is 0.280. The fraction of sp³-hybridized carbons (Fsp3) is 0.625. The van der Waals surface area contributed by atoms with Gasteiger partial charge in [0.2, 0.25) is 6.29 Å². The van der Waals surface area contributed by atoms with Crippen LogP contribution in [0.3, 0.4) is 0 Å². The average Bonchev–Trinajstić information content (AvgIpc) is 2.61. The van der Waals surface area contributed by atoms with E-state index in [1.807, 2.05) is 0 Å². The Morgan fingerprint density at radius 3 is 2.37 bits per heavy atom. The van der Waals surface area contributed by atoms with Crippen molar-refractivity contribution in [2.24, 2.45) is 5.92 Å². The molecule has 0 aliphatic carbocycles. The van der Waals surface area contributed by atoms with Gasteiger partial charge in [0, 0.05) is 11.5 Å². The van der Waals surface area contributed by atoms with Gasteiger partial charge in [-0.25, -0.2) is 4.79 Å². The first-order valence-electron chi connectivity index (χ1n) is 8.13. The average molecular weight is 390 g/mol. The maximum absolute atomic E-state index is 11.4. The smallest absolute Gasteiger partial charge is 0.335 e. The third-order valence-electron chi connectivity index (χ3n) is 4.43. The molecule has 0 saturated carbocycles. The molecule has 11 heteroatoms. The summed E-state index contributed by atoms with van der Waals surface area (Å²) in [7, 11) is 0. The summed E-state index contributed by atoms with van der Waals surface area (Å²) in [5.74, 6) is -3.64. The van der Waals surface area contributed by atoms with Crippen molar-refractivity contribution in [2.75, 3.05) is 6.61 Å². The van der Waals surface area contributed by atoms with Gasteiger partial charge in [-0.2, -0.15) is 0 Å². The number of aliphatic hydroxyl groups is 4. The van der Waals surface area contributed by atoms with Gasteiger partial charge in [-0.15, -0.1) is 0 Å². The number of hydrogen-bond acceptors (Lipinski definition) is 9. The van der Waals surface area contributed by atoms with Gasteiger partial charge in [-0.1, -0.05) is 6.08 Å². The van der Waals surface area contributed by atoms with E-state index in [9.17, 15) is 35.1 Å². The molecule has 0 bridgehead atoms. The second-order valence-electron chi connectivity index (χ2n) is 6.12. The van der Waals surface area contributed by atoms with E-state index < -0.39 is 67.9 Å². The maximum atomic E-state index is 11.4. The van der Waals surface area contributed by atoms with E-state index >= 15 is 0 Å². The third kappa shape index (κ3) is 4.46. The van der Waals surface area contributed by atoms with Gasteiger partial charge in [0.1, 0.15) is 24.4 Å². The molecule has 2 aliphatic heterocycles. The lowest BCUT2D eigenvalue weighted by molar-refractivity contribution is -0.327. The molecule has 0 aromatic carbocycles. The Bertz CT molecular complexity index is 626. The molecule has 0 unspecified atom stereocenters. The maximum Gasteiger partial charge on any atom is 0.335 e. The van der Waals surface area contributed by atoms with Gasteiger partial charge in [0.05, 0.1) is 24.9 Å². The first-order chi connectivity index (χ1) is 12.7. The Morgan fingerprint density at radius 1 is 1.19 bits per heavy atom. The minimum atomic E-state index is -1.69. The van der Waals surface area contributed by atoms with E-state index in [2.05, 4.69) is 0 Å². The van der Waals surface area contributed by atoms with Crippen molar-refractivity contribution in [3.63, 3.8) is 0 Å². The highest BCUT2D eigenvalue weighted by molar-refractivity contribution is 5.89. The Labute approximate surface area is 153 Å². The molecule has 0 radical (unpaired) electrons. The first kappa shape index (κ1) is 21.3. The zero-order chi connectivity index (χ0) is 20.3. The van der Waals surface area contributed by atoms with Gasteiger partial charge in [0.15, 0.2) is 6.29 Å². The van der Waals surface area contributed by atoms with Crippen molar-refractivity contribution in [1.82, 2.24) is 0 Å². The van der Waals surface area contributed by atoms with E-state index in [0.717, 1.165) is 6.26 Å². The molecule has 152 valence electrons. The van der Waals surface area contributed by atoms with Crippen molar-refractivity contribution in [3.05, 3.63) is 23.5 Å². The Balaban J connectivity index is 2.25. The predicted molar refractivity (Wildman–Crippen MR) is 84.9 cm³/mol. The van der Waals surface area contributed by atoms with Crippen LogP contribution in [0, 0.1) is 5.92 Å². The highest BCUT2D eigenvalue weighted by Gasteiger charge is 2.46. The Kier molecular flexibility index (Phi) is 6.92. The normalized spacial score (nSPS) is 38.2. The summed E-state index contributed by atoms with van der Waals surface area (Å²) in [6.45, 7) is 0.874. The number of carboxylic acid groups (broad SMARTS) is 2. The summed E-state index contributed by atoms with van der Waals surface area (Å²) >= 11 is 0. The number of carbonyl (C=O) groups is 2. The topological polar surface area (TPSA) is 183 Å². The molecule has 1 fully saturated rings. The summed E-state index contributed by atoms with van der Waals surface area (Å²) in [4.78, 5) is 22.5. The van der Waals surface area contributed by atoms with Crippen molar-refractivity contribution in [2.45, 2.75) is 50.3 Å². The van der Waals surface area contributed by atoms with Crippen LogP contribution >= 0.6 is 0 Å². The number of ether oxygens (including phenoxy) is 3. The molecule has 2 aliphatic rings. The Hall–Kier alpha value is -2.02. The van der Waals surface area contributed by atoms with Crippen LogP contribution in [-0.4, -0.2) is 86.2 Å².